The molecule has 0 saturated heterocycles. The molecule has 136 valence electrons. The summed E-state index contributed by atoms with van der Waals surface area (Å²) in [5.74, 6) is 0.313. The highest BCUT2D eigenvalue weighted by Crippen LogP contribution is 2.24. The molecule has 0 radical (unpaired) electrons. The number of aromatic nitrogens is 1. The molecule has 1 N–H and O–H groups in total. The van der Waals surface area contributed by atoms with Crippen LogP contribution in [0, 0.1) is 0 Å². The molecule has 0 saturated carbocycles. The van der Waals surface area contributed by atoms with E-state index < -0.39 is 10.0 Å². The molecule has 3 aromatic rings. The van der Waals surface area contributed by atoms with Crippen molar-refractivity contribution in [1.82, 2.24) is 4.98 Å². The molecule has 2 heterocycles. The Kier molecular flexibility index (Phi) is 5.58. The number of aryl methyl sites for hydroxylation is 1. The SMILES string of the molecule is CCc1ccc(S(=O)(=O)Nc2ccc(N(C)Cc3ccccc3)cn2)s1. The molecule has 0 aliphatic rings. The fourth-order valence-electron chi connectivity index (χ4n) is 2.50. The zero-order valence-corrected chi connectivity index (χ0v) is 16.3. The van der Waals surface area contributed by atoms with Crippen LogP contribution in [-0.2, 0) is 23.0 Å². The van der Waals surface area contributed by atoms with Crippen LogP contribution < -0.4 is 9.62 Å². The number of hydrogen-bond donors (Lipinski definition) is 1. The second-order valence-corrected chi connectivity index (χ2v) is 9.00. The van der Waals surface area contributed by atoms with Crippen LogP contribution in [0.1, 0.15) is 17.4 Å². The Labute approximate surface area is 158 Å². The number of thiophene rings is 1. The standard InChI is InChI=1S/C19H21N3O2S2/c1-3-17-10-12-19(25-17)26(23,24)21-18-11-9-16(13-20-18)22(2)14-15-7-5-4-6-8-15/h4-13H,3,14H2,1-2H3,(H,20,21). The van der Waals surface area contributed by atoms with Crippen LogP contribution in [0.15, 0.2) is 65.0 Å². The lowest BCUT2D eigenvalue weighted by Crippen LogP contribution is -2.17. The molecule has 0 aliphatic carbocycles. The number of anilines is 2. The largest absolute Gasteiger partial charge is 0.369 e. The first-order chi connectivity index (χ1) is 12.5. The first-order valence-electron chi connectivity index (χ1n) is 8.30. The maximum absolute atomic E-state index is 12.4. The number of benzene rings is 1. The van der Waals surface area contributed by atoms with Crippen LogP contribution in [-0.4, -0.2) is 20.4 Å². The van der Waals surface area contributed by atoms with Gasteiger partial charge in [-0.2, -0.15) is 0 Å². The second kappa shape index (κ2) is 7.88. The number of rotatable bonds is 7. The molecule has 0 bridgehead atoms. The van der Waals surface area contributed by atoms with Crippen molar-refractivity contribution in [2.24, 2.45) is 0 Å². The molecule has 7 heteroatoms. The maximum Gasteiger partial charge on any atom is 0.272 e. The lowest BCUT2D eigenvalue weighted by Gasteiger charge is -2.19. The maximum atomic E-state index is 12.4. The number of pyridine rings is 1. The van der Waals surface area contributed by atoms with E-state index in [0.29, 0.717) is 10.0 Å². The fourth-order valence-corrected chi connectivity index (χ4v) is 4.81. The molecular formula is C19H21N3O2S2. The van der Waals surface area contributed by atoms with E-state index in [9.17, 15) is 8.42 Å². The van der Waals surface area contributed by atoms with Gasteiger partial charge in [-0.1, -0.05) is 37.3 Å². The summed E-state index contributed by atoms with van der Waals surface area (Å²) in [5.41, 5.74) is 2.12. The quantitative estimate of drug-likeness (QED) is 0.662. The van der Waals surface area contributed by atoms with Crippen LogP contribution in [0.25, 0.3) is 0 Å². The summed E-state index contributed by atoms with van der Waals surface area (Å²) in [7, 11) is -1.61. The molecule has 2 aromatic heterocycles. The van der Waals surface area contributed by atoms with Gasteiger partial charge in [0.1, 0.15) is 10.0 Å². The smallest absolute Gasteiger partial charge is 0.272 e. The van der Waals surface area contributed by atoms with Gasteiger partial charge < -0.3 is 4.90 Å². The fraction of sp³-hybridized carbons (Fsp3) is 0.211. The summed E-state index contributed by atoms with van der Waals surface area (Å²) < 4.78 is 27.7. The first-order valence-corrected chi connectivity index (χ1v) is 10.6. The molecule has 0 aliphatic heterocycles. The van der Waals surface area contributed by atoms with Gasteiger partial charge in [-0.05, 0) is 36.2 Å². The van der Waals surface area contributed by atoms with Gasteiger partial charge in [0.15, 0.2) is 0 Å². The van der Waals surface area contributed by atoms with Crippen molar-refractivity contribution in [3.8, 4) is 0 Å². The molecule has 0 spiro atoms. The summed E-state index contributed by atoms with van der Waals surface area (Å²) in [4.78, 5) is 7.35. The zero-order chi connectivity index (χ0) is 18.6. The Bertz CT molecular complexity index is 952. The van der Waals surface area contributed by atoms with Crippen LogP contribution >= 0.6 is 11.3 Å². The van der Waals surface area contributed by atoms with Crippen molar-refractivity contribution in [1.29, 1.82) is 0 Å². The highest BCUT2D eigenvalue weighted by atomic mass is 32.2. The average Bonchev–Trinajstić information content (AvgIpc) is 3.13. The van der Waals surface area contributed by atoms with Crippen molar-refractivity contribution in [2.75, 3.05) is 16.7 Å². The average molecular weight is 388 g/mol. The zero-order valence-electron chi connectivity index (χ0n) is 14.7. The molecule has 0 amide bonds. The summed E-state index contributed by atoms with van der Waals surface area (Å²) in [6, 6.07) is 17.2. The van der Waals surface area contributed by atoms with Gasteiger partial charge in [0, 0.05) is 18.5 Å². The molecule has 0 fully saturated rings. The van der Waals surface area contributed by atoms with Crippen LogP contribution in [0.3, 0.4) is 0 Å². The van der Waals surface area contributed by atoms with Crippen molar-refractivity contribution in [3.63, 3.8) is 0 Å². The van der Waals surface area contributed by atoms with Crippen molar-refractivity contribution in [2.45, 2.75) is 24.1 Å². The lowest BCUT2D eigenvalue weighted by atomic mass is 10.2. The van der Waals surface area contributed by atoms with Crippen LogP contribution in [0.2, 0.25) is 0 Å². The van der Waals surface area contributed by atoms with E-state index in [1.807, 2.05) is 44.3 Å². The summed E-state index contributed by atoms with van der Waals surface area (Å²) >= 11 is 1.28. The van der Waals surface area contributed by atoms with Gasteiger partial charge in [-0.15, -0.1) is 11.3 Å². The number of nitrogens with zero attached hydrogens (tertiary/aromatic N) is 2. The Morgan fingerprint density at radius 3 is 2.46 bits per heavy atom. The molecule has 0 atom stereocenters. The summed E-state index contributed by atoms with van der Waals surface area (Å²) in [5, 5.41) is 0. The van der Waals surface area contributed by atoms with Crippen LogP contribution in [0.4, 0.5) is 11.5 Å². The van der Waals surface area contributed by atoms with Gasteiger partial charge in [-0.3, -0.25) is 4.72 Å². The van der Waals surface area contributed by atoms with Crippen molar-refractivity contribution in [3.05, 3.63) is 71.2 Å². The highest BCUT2D eigenvalue weighted by molar-refractivity contribution is 7.94. The predicted octanol–water partition coefficient (Wildman–Crippen LogP) is 4.14. The molecular weight excluding hydrogens is 366 g/mol. The molecule has 3 rings (SSSR count). The van der Waals surface area contributed by atoms with Crippen LogP contribution in [0.5, 0.6) is 0 Å². The van der Waals surface area contributed by atoms with E-state index in [1.54, 1.807) is 18.3 Å². The van der Waals surface area contributed by atoms with Gasteiger partial charge in [0.05, 0.1) is 11.9 Å². The predicted molar refractivity (Wildman–Crippen MR) is 107 cm³/mol. The third-order valence-corrected chi connectivity index (χ3v) is 7.02. The Hall–Kier alpha value is -2.38. The van der Waals surface area contributed by atoms with E-state index >= 15 is 0 Å². The highest BCUT2D eigenvalue weighted by Gasteiger charge is 2.17. The lowest BCUT2D eigenvalue weighted by molar-refractivity contribution is 0.603. The first kappa shape index (κ1) is 18.4. The van der Waals surface area contributed by atoms with Crippen molar-refractivity contribution < 1.29 is 8.42 Å². The number of nitrogens with one attached hydrogen (secondary N) is 1. The van der Waals surface area contributed by atoms with Gasteiger partial charge in [0.2, 0.25) is 0 Å². The molecule has 26 heavy (non-hydrogen) atoms. The Morgan fingerprint density at radius 2 is 1.85 bits per heavy atom. The summed E-state index contributed by atoms with van der Waals surface area (Å²) in [6.07, 6.45) is 2.49. The minimum Gasteiger partial charge on any atom is -0.369 e. The third kappa shape index (κ3) is 4.42. The monoisotopic (exact) mass is 387 g/mol. The molecule has 1 aromatic carbocycles. The summed E-state index contributed by atoms with van der Waals surface area (Å²) in [6.45, 7) is 2.75. The van der Waals surface area contributed by atoms with Gasteiger partial charge >= 0.3 is 0 Å². The third-order valence-electron chi connectivity index (χ3n) is 3.94. The van der Waals surface area contributed by atoms with E-state index in [2.05, 4.69) is 26.7 Å². The minimum atomic E-state index is -3.59. The van der Waals surface area contributed by atoms with E-state index in [4.69, 9.17) is 0 Å². The molecule has 5 nitrogen and oxygen atoms in total. The van der Waals surface area contributed by atoms with E-state index in [0.717, 1.165) is 23.5 Å². The topological polar surface area (TPSA) is 62.3 Å². The number of hydrogen-bond acceptors (Lipinski definition) is 5. The normalized spacial score (nSPS) is 11.3. The molecule has 0 unspecified atom stereocenters. The van der Waals surface area contributed by atoms with Crippen molar-refractivity contribution >= 4 is 32.9 Å². The minimum absolute atomic E-state index is 0.307. The Balaban J connectivity index is 1.69. The Morgan fingerprint density at radius 1 is 1.08 bits per heavy atom. The van der Waals surface area contributed by atoms with Gasteiger partial charge in [0.25, 0.3) is 10.0 Å². The van der Waals surface area contributed by atoms with E-state index in [-0.39, 0.29) is 0 Å². The number of sulfonamides is 1. The van der Waals surface area contributed by atoms with Gasteiger partial charge in [-0.25, -0.2) is 13.4 Å². The second-order valence-electron chi connectivity index (χ2n) is 5.92. The van der Waals surface area contributed by atoms with E-state index in [1.165, 1.54) is 16.9 Å².